The lowest BCUT2D eigenvalue weighted by atomic mass is 9.76. The van der Waals surface area contributed by atoms with Gasteiger partial charge in [0.2, 0.25) is 0 Å². The number of piperidine rings is 1. The van der Waals surface area contributed by atoms with E-state index in [2.05, 4.69) is 9.88 Å². The number of aryl methyl sites for hydroxylation is 1. The van der Waals surface area contributed by atoms with E-state index in [1.807, 2.05) is 0 Å². The van der Waals surface area contributed by atoms with Crippen LogP contribution >= 0.6 is 0 Å². The van der Waals surface area contributed by atoms with Crippen LogP contribution < -0.4 is 10.5 Å². The number of sulfone groups is 1. The van der Waals surface area contributed by atoms with Crippen molar-refractivity contribution >= 4 is 26.4 Å². The van der Waals surface area contributed by atoms with Crippen LogP contribution in [0, 0.1) is 5.41 Å². The van der Waals surface area contributed by atoms with Crippen LogP contribution in [-0.2, 0) is 21.5 Å². The second-order valence-electron chi connectivity index (χ2n) is 8.42. The minimum absolute atomic E-state index is 0.137. The lowest BCUT2D eigenvalue weighted by Crippen LogP contribution is -2.51. The molecule has 0 aliphatic carbocycles. The van der Waals surface area contributed by atoms with Gasteiger partial charge in [-0.2, -0.15) is 0 Å². The van der Waals surface area contributed by atoms with Gasteiger partial charge in [0, 0.05) is 70.4 Å². The number of rotatable bonds is 3. The number of benzene rings is 1. The fourth-order valence-electron chi connectivity index (χ4n) is 4.50. The van der Waals surface area contributed by atoms with Gasteiger partial charge in [-0.25, -0.2) is 8.42 Å². The molecule has 0 amide bonds. The molecule has 3 aromatic rings. The van der Waals surface area contributed by atoms with E-state index in [4.69, 9.17) is 8.85 Å². The molecule has 1 spiro atoms. The molecule has 0 atom stereocenters. The van der Waals surface area contributed by atoms with Crippen LogP contribution in [0.15, 0.2) is 46.3 Å². The second-order valence-corrected chi connectivity index (χ2v) is 10.4. The van der Waals surface area contributed by atoms with Gasteiger partial charge in [0.25, 0.3) is 5.56 Å². The molecule has 1 aromatic carbocycles. The fourth-order valence-corrected chi connectivity index (χ4v) is 5.15. The highest BCUT2D eigenvalue weighted by molar-refractivity contribution is 7.90. The van der Waals surface area contributed by atoms with Crippen molar-refractivity contribution in [3.8, 4) is 11.1 Å². The number of nitrogens with one attached hydrogen (secondary N) is 1. The van der Waals surface area contributed by atoms with Crippen LogP contribution in [0.3, 0.4) is 0 Å². The van der Waals surface area contributed by atoms with E-state index in [0.29, 0.717) is 16.5 Å². The van der Waals surface area contributed by atoms with Gasteiger partial charge in [-0.15, -0.1) is 0 Å². The Bertz CT molecular complexity index is 1390. The maximum absolute atomic E-state index is 12.8. The molecule has 2 aliphatic rings. The highest BCUT2D eigenvalue weighted by Gasteiger charge is 2.41. The van der Waals surface area contributed by atoms with E-state index in [1.54, 1.807) is 30.5 Å². The summed E-state index contributed by atoms with van der Waals surface area (Å²) in [6, 6.07) is 6.66. The maximum Gasteiger partial charge on any atom is 0.274 e. The van der Waals surface area contributed by atoms with Gasteiger partial charge < -0.3 is 19.2 Å². The number of aromatic nitrogens is 2. The SMILES string of the molecule is [2H]C([2H])([2H])n1cc(-c2cc(S(C)(=O)=O)ccc2N2CCC3(CC2)COC3)c2cc[nH]c2c1=O. The Hall–Kier alpha value is -2.58. The summed E-state index contributed by atoms with van der Waals surface area (Å²) < 4.78 is 54.3. The molecule has 0 unspecified atom stereocenters. The van der Waals surface area contributed by atoms with Gasteiger partial charge in [0.1, 0.15) is 5.52 Å². The molecule has 30 heavy (non-hydrogen) atoms. The summed E-state index contributed by atoms with van der Waals surface area (Å²) in [6.45, 7) is 0.428. The van der Waals surface area contributed by atoms with Gasteiger partial charge in [-0.05, 0) is 37.1 Å². The number of anilines is 1. The highest BCUT2D eigenvalue weighted by Crippen LogP contribution is 2.42. The maximum atomic E-state index is 12.8. The van der Waals surface area contributed by atoms with E-state index >= 15 is 0 Å². The van der Waals surface area contributed by atoms with Crippen molar-refractivity contribution in [3.63, 3.8) is 0 Å². The number of nitrogens with zero attached hydrogens (tertiary/aromatic N) is 2. The normalized spacial score (nSPS) is 20.6. The number of ether oxygens (including phenoxy) is 1. The van der Waals surface area contributed by atoms with Crippen molar-refractivity contribution in [2.24, 2.45) is 12.4 Å². The molecule has 5 rings (SSSR count). The first-order valence-electron chi connectivity index (χ1n) is 11.4. The Morgan fingerprint density at radius 1 is 1.17 bits per heavy atom. The quantitative estimate of drug-likeness (QED) is 0.690. The van der Waals surface area contributed by atoms with Crippen LogP contribution in [0.4, 0.5) is 5.69 Å². The first kappa shape index (κ1) is 16.2. The zero-order valence-corrected chi connectivity index (χ0v) is 17.5. The first-order valence-corrected chi connectivity index (χ1v) is 11.8. The summed E-state index contributed by atoms with van der Waals surface area (Å²) in [6.07, 6.45) is 5.98. The van der Waals surface area contributed by atoms with Gasteiger partial charge >= 0.3 is 0 Å². The van der Waals surface area contributed by atoms with Crippen LogP contribution in [0.25, 0.3) is 22.0 Å². The average molecular weight is 431 g/mol. The third kappa shape index (κ3) is 3.06. The van der Waals surface area contributed by atoms with Gasteiger partial charge in [-0.3, -0.25) is 4.79 Å². The van der Waals surface area contributed by atoms with E-state index in [0.717, 1.165) is 55.7 Å². The predicted octanol–water partition coefficient (Wildman–Crippen LogP) is 2.55. The van der Waals surface area contributed by atoms with Crippen LogP contribution in [-0.4, -0.2) is 50.5 Å². The summed E-state index contributed by atoms with van der Waals surface area (Å²) >= 11 is 0. The zero-order valence-electron chi connectivity index (χ0n) is 19.6. The van der Waals surface area contributed by atoms with Crippen molar-refractivity contribution < 1.29 is 17.3 Å². The molecule has 7 nitrogen and oxygen atoms in total. The molecule has 0 saturated carbocycles. The molecule has 2 fully saturated rings. The van der Waals surface area contributed by atoms with Crippen molar-refractivity contribution in [3.05, 3.63) is 47.0 Å². The molecule has 2 saturated heterocycles. The molecular formula is C22H25N3O4S. The number of H-pyrrole nitrogens is 1. The van der Waals surface area contributed by atoms with Gasteiger partial charge in [-0.1, -0.05) is 0 Å². The minimum atomic E-state index is -3.50. The predicted molar refractivity (Wildman–Crippen MR) is 117 cm³/mol. The standard InChI is InChI=1S/C22H25N3O4S/c1-24-12-18(16-5-8-23-20(16)21(24)26)17-11-15(30(2,27)28)3-4-19(17)25-9-6-22(7-10-25)13-29-14-22/h3-5,8,11-12,23H,6-7,9-10,13-14H2,1-2H3/i1D3. The Kier molecular flexibility index (Phi) is 3.62. The largest absolute Gasteiger partial charge is 0.380 e. The van der Waals surface area contributed by atoms with E-state index in [-0.39, 0.29) is 15.8 Å². The summed E-state index contributed by atoms with van der Waals surface area (Å²) in [7, 11) is -3.50. The summed E-state index contributed by atoms with van der Waals surface area (Å²) in [5.41, 5.74) is 1.64. The second kappa shape index (κ2) is 6.72. The number of hydrogen-bond acceptors (Lipinski definition) is 5. The van der Waals surface area contributed by atoms with E-state index < -0.39 is 22.4 Å². The van der Waals surface area contributed by atoms with Crippen molar-refractivity contribution in [2.75, 3.05) is 37.5 Å². The van der Waals surface area contributed by atoms with Crippen molar-refractivity contribution in [1.29, 1.82) is 0 Å². The third-order valence-corrected chi connectivity index (χ3v) is 7.51. The molecule has 0 bridgehead atoms. The number of pyridine rings is 1. The Morgan fingerprint density at radius 2 is 1.93 bits per heavy atom. The smallest absolute Gasteiger partial charge is 0.274 e. The lowest BCUT2D eigenvalue weighted by Gasteiger charge is -2.48. The van der Waals surface area contributed by atoms with E-state index in [9.17, 15) is 13.2 Å². The average Bonchev–Trinajstić information content (AvgIpc) is 3.22. The Balaban J connectivity index is 1.71. The van der Waals surface area contributed by atoms with Crippen molar-refractivity contribution in [1.82, 2.24) is 9.55 Å². The van der Waals surface area contributed by atoms with Gasteiger partial charge in [0.05, 0.1) is 18.1 Å². The lowest BCUT2D eigenvalue weighted by molar-refractivity contribution is -0.124. The Morgan fingerprint density at radius 3 is 2.57 bits per heavy atom. The zero-order chi connectivity index (χ0) is 23.6. The molecule has 0 radical (unpaired) electrons. The van der Waals surface area contributed by atoms with Crippen LogP contribution in [0.5, 0.6) is 0 Å². The molecule has 2 aliphatic heterocycles. The monoisotopic (exact) mass is 430 g/mol. The van der Waals surface area contributed by atoms with Crippen LogP contribution in [0.1, 0.15) is 17.0 Å². The highest BCUT2D eigenvalue weighted by atomic mass is 32.2. The number of fused-ring (bicyclic) bond motifs is 1. The Labute approximate surface area is 179 Å². The number of aromatic amines is 1. The topological polar surface area (TPSA) is 84.4 Å². The van der Waals surface area contributed by atoms with Crippen molar-refractivity contribution in [2.45, 2.75) is 17.7 Å². The molecule has 2 aromatic heterocycles. The van der Waals surface area contributed by atoms with Crippen LogP contribution in [0.2, 0.25) is 0 Å². The third-order valence-electron chi connectivity index (χ3n) is 6.40. The summed E-state index contributed by atoms with van der Waals surface area (Å²) in [5, 5.41) is 0.549. The molecule has 8 heteroatoms. The molecule has 4 heterocycles. The summed E-state index contributed by atoms with van der Waals surface area (Å²) in [4.78, 5) is 18.0. The fraction of sp³-hybridized carbons (Fsp3) is 0.409. The molecule has 158 valence electrons. The molecular weight excluding hydrogens is 402 g/mol. The minimum Gasteiger partial charge on any atom is -0.380 e. The summed E-state index contributed by atoms with van der Waals surface area (Å²) in [5.74, 6) is 0. The molecule has 1 N–H and O–H groups in total. The van der Waals surface area contributed by atoms with Gasteiger partial charge in [0.15, 0.2) is 9.84 Å². The van der Waals surface area contributed by atoms with E-state index in [1.165, 1.54) is 6.20 Å². The first-order chi connectivity index (χ1) is 15.5. The number of hydrogen-bond donors (Lipinski definition) is 1.